The molecule has 1 aromatic rings. The van der Waals surface area contributed by atoms with Crippen LogP contribution < -0.4 is 5.32 Å². The van der Waals surface area contributed by atoms with E-state index in [0.717, 1.165) is 24.8 Å². The fourth-order valence-electron chi connectivity index (χ4n) is 3.50. The molecule has 1 saturated heterocycles. The van der Waals surface area contributed by atoms with Crippen LogP contribution in [0.3, 0.4) is 0 Å². The van der Waals surface area contributed by atoms with Crippen molar-refractivity contribution in [2.45, 2.75) is 53.0 Å². The molecule has 6 heteroatoms. The van der Waals surface area contributed by atoms with Gasteiger partial charge in [-0.25, -0.2) is 12.7 Å². The summed E-state index contributed by atoms with van der Waals surface area (Å²) in [6.07, 6.45) is 2.28. The van der Waals surface area contributed by atoms with Crippen LogP contribution in [0.4, 0.5) is 0 Å². The number of hydrogen-bond acceptors (Lipinski definition) is 3. The normalized spacial score (nSPS) is 20.2. The molecule has 1 aliphatic rings. The third kappa shape index (κ3) is 4.82. The van der Waals surface area contributed by atoms with Gasteiger partial charge < -0.3 is 5.32 Å². The third-order valence-corrected chi connectivity index (χ3v) is 6.89. The van der Waals surface area contributed by atoms with Crippen LogP contribution in [0.15, 0.2) is 18.2 Å². The Kier molecular flexibility index (Phi) is 6.63. The number of amides is 1. The average Bonchev–Trinajstić information content (AvgIpc) is 2.60. The predicted molar refractivity (Wildman–Crippen MR) is 101 cm³/mol. The first-order chi connectivity index (χ1) is 11.8. The maximum Gasteiger partial charge on any atom is 0.224 e. The lowest BCUT2D eigenvalue weighted by Crippen LogP contribution is -2.46. The highest BCUT2D eigenvalue weighted by Gasteiger charge is 2.32. The fourth-order valence-corrected chi connectivity index (χ4v) is 4.68. The van der Waals surface area contributed by atoms with Gasteiger partial charge in [-0.1, -0.05) is 30.7 Å². The number of piperidine rings is 1. The highest BCUT2D eigenvalue weighted by molar-refractivity contribution is 7.89. The molecule has 2 rings (SSSR count). The summed E-state index contributed by atoms with van der Waals surface area (Å²) in [5.74, 6) is -0.223. The van der Waals surface area contributed by atoms with Gasteiger partial charge in [-0.05, 0) is 51.2 Å². The van der Waals surface area contributed by atoms with Gasteiger partial charge in [-0.2, -0.15) is 0 Å². The standard InChI is InChI=1S/C19H30N2O3S/c1-5-18(17-10-9-14(3)12-15(17)4)20-19(22)16-8-7-11-21(13-16)25(23,24)6-2/h9-10,12,16,18H,5-8,11,13H2,1-4H3,(H,20,22)/t16-,18+/m1/s1. The van der Waals surface area contributed by atoms with E-state index < -0.39 is 10.0 Å². The molecule has 0 radical (unpaired) electrons. The lowest BCUT2D eigenvalue weighted by molar-refractivity contribution is -0.126. The van der Waals surface area contributed by atoms with Crippen LogP contribution in [0.25, 0.3) is 0 Å². The Morgan fingerprint density at radius 3 is 2.64 bits per heavy atom. The van der Waals surface area contributed by atoms with Gasteiger partial charge in [-0.15, -0.1) is 0 Å². The van der Waals surface area contributed by atoms with Crippen molar-refractivity contribution in [1.29, 1.82) is 0 Å². The van der Waals surface area contributed by atoms with Gasteiger partial charge in [-0.3, -0.25) is 4.79 Å². The molecule has 1 N–H and O–H groups in total. The third-order valence-electron chi connectivity index (χ3n) is 5.04. The largest absolute Gasteiger partial charge is 0.349 e. The summed E-state index contributed by atoms with van der Waals surface area (Å²) in [6.45, 7) is 8.64. The summed E-state index contributed by atoms with van der Waals surface area (Å²) in [5.41, 5.74) is 3.51. The minimum absolute atomic E-state index is 0.0359. The Balaban J connectivity index is 2.09. The van der Waals surface area contributed by atoms with Crippen LogP contribution in [0.2, 0.25) is 0 Å². The topological polar surface area (TPSA) is 66.5 Å². The molecule has 0 bridgehead atoms. The first kappa shape index (κ1) is 19.9. The number of benzene rings is 1. The van der Waals surface area contributed by atoms with Crippen molar-refractivity contribution in [3.05, 3.63) is 34.9 Å². The Morgan fingerprint density at radius 2 is 2.04 bits per heavy atom. The second kappa shape index (κ2) is 8.32. The summed E-state index contributed by atoms with van der Waals surface area (Å²) < 4.78 is 25.7. The zero-order valence-corrected chi connectivity index (χ0v) is 16.5. The van der Waals surface area contributed by atoms with E-state index in [0.29, 0.717) is 13.1 Å². The Morgan fingerprint density at radius 1 is 1.32 bits per heavy atom. The van der Waals surface area contributed by atoms with E-state index in [2.05, 4.69) is 44.3 Å². The molecule has 1 aromatic carbocycles. The maximum atomic E-state index is 12.7. The molecule has 5 nitrogen and oxygen atoms in total. The first-order valence-corrected chi connectivity index (χ1v) is 10.7. The highest BCUT2D eigenvalue weighted by Crippen LogP contribution is 2.24. The van der Waals surface area contributed by atoms with Gasteiger partial charge in [0.05, 0.1) is 17.7 Å². The number of aryl methyl sites for hydroxylation is 2. The monoisotopic (exact) mass is 366 g/mol. The van der Waals surface area contributed by atoms with E-state index in [1.54, 1.807) is 6.92 Å². The molecule has 1 amide bonds. The van der Waals surface area contributed by atoms with E-state index in [1.807, 2.05) is 0 Å². The summed E-state index contributed by atoms with van der Waals surface area (Å²) >= 11 is 0. The van der Waals surface area contributed by atoms with Crippen molar-refractivity contribution < 1.29 is 13.2 Å². The number of nitrogens with zero attached hydrogens (tertiary/aromatic N) is 1. The molecule has 1 aliphatic heterocycles. The van der Waals surface area contributed by atoms with E-state index in [1.165, 1.54) is 15.4 Å². The number of rotatable bonds is 6. The summed E-state index contributed by atoms with van der Waals surface area (Å²) in [6, 6.07) is 6.23. The zero-order chi connectivity index (χ0) is 18.6. The van der Waals surface area contributed by atoms with E-state index >= 15 is 0 Å². The number of sulfonamides is 1. The quantitative estimate of drug-likeness (QED) is 0.842. The number of hydrogen-bond donors (Lipinski definition) is 1. The molecule has 1 heterocycles. The van der Waals surface area contributed by atoms with E-state index in [4.69, 9.17) is 0 Å². The SMILES string of the molecule is CC[C@H](NC(=O)[C@@H]1CCCN(S(=O)(=O)CC)C1)c1ccc(C)cc1C. The first-order valence-electron chi connectivity index (χ1n) is 9.13. The molecule has 0 spiro atoms. The molecule has 1 fully saturated rings. The number of nitrogens with one attached hydrogen (secondary N) is 1. The van der Waals surface area contributed by atoms with Crippen molar-refractivity contribution in [2.24, 2.45) is 5.92 Å². The van der Waals surface area contributed by atoms with Crippen molar-refractivity contribution in [2.75, 3.05) is 18.8 Å². The van der Waals surface area contributed by atoms with Crippen molar-refractivity contribution in [1.82, 2.24) is 9.62 Å². The maximum absolute atomic E-state index is 12.7. The second-order valence-corrected chi connectivity index (χ2v) is 9.18. The molecule has 0 unspecified atom stereocenters. The zero-order valence-electron chi connectivity index (χ0n) is 15.7. The lowest BCUT2D eigenvalue weighted by Gasteiger charge is -2.32. The predicted octanol–water partition coefficient (Wildman–Crippen LogP) is 2.93. The van der Waals surface area contributed by atoms with Crippen molar-refractivity contribution in [3.8, 4) is 0 Å². The molecule has 25 heavy (non-hydrogen) atoms. The van der Waals surface area contributed by atoms with Crippen LogP contribution in [0, 0.1) is 19.8 Å². The lowest BCUT2D eigenvalue weighted by atomic mass is 9.95. The molecule has 2 atom stereocenters. The Labute approximate surface area is 151 Å². The second-order valence-electron chi connectivity index (χ2n) is 6.93. The Hall–Kier alpha value is -1.40. The average molecular weight is 367 g/mol. The number of carbonyl (C=O) groups excluding carboxylic acids is 1. The van der Waals surface area contributed by atoms with Gasteiger partial charge in [0.2, 0.25) is 15.9 Å². The van der Waals surface area contributed by atoms with Gasteiger partial charge >= 0.3 is 0 Å². The minimum atomic E-state index is -3.23. The van der Waals surface area contributed by atoms with Crippen molar-refractivity contribution in [3.63, 3.8) is 0 Å². The van der Waals surface area contributed by atoms with Crippen LogP contribution >= 0.6 is 0 Å². The molecule has 0 saturated carbocycles. The van der Waals surface area contributed by atoms with Crippen molar-refractivity contribution >= 4 is 15.9 Å². The van der Waals surface area contributed by atoms with E-state index in [-0.39, 0.29) is 23.6 Å². The van der Waals surface area contributed by atoms with E-state index in [9.17, 15) is 13.2 Å². The minimum Gasteiger partial charge on any atom is -0.349 e. The van der Waals surface area contributed by atoms with Gasteiger partial charge in [0.25, 0.3) is 0 Å². The summed E-state index contributed by atoms with van der Waals surface area (Å²) in [4.78, 5) is 12.7. The Bertz CT molecular complexity index is 715. The van der Waals surface area contributed by atoms with Crippen LogP contribution in [-0.2, 0) is 14.8 Å². The molecule has 0 aliphatic carbocycles. The number of carbonyl (C=O) groups is 1. The molecular formula is C19H30N2O3S. The smallest absolute Gasteiger partial charge is 0.224 e. The molecule has 140 valence electrons. The van der Waals surface area contributed by atoms with Crippen LogP contribution in [0.5, 0.6) is 0 Å². The van der Waals surface area contributed by atoms with Crippen LogP contribution in [0.1, 0.15) is 55.8 Å². The summed E-state index contributed by atoms with van der Waals surface area (Å²) in [5, 5.41) is 3.14. The molecule has 0 aromatic heterocycles. The van der Waals surface area contributed by atoms with Gasteiger partial charge in [0.15, 0.2) is 0 Å². The summed E-state index contributed by atoms with van der Waals surface area (Å²) in [7, 11) is -3.23. The van der Waals surface area contributed by atoms with Gasteiger partial charge in [0, 0.05) is 13.1 Å². The molecular weight excluding hydrogens is 336 g/mol. The highest BCUT2D eigenvalue weighted by atomic mass is 32.2. The van der Waals surface area contributed by atoms with Gasteiger partial charge in [0.1, 0.15) is 0 Å². The van der Waals surface area contributed by atoms with Crippen LogP contribution in [-0.4, -0.2) is 37.5 Å². The fraction of sp³-hybridized carbons (Fsp3) is 0.632.